The first-order valence-corrected chi connectivity index (χ1v) is 8.52. The first kappa shape index (κ1) is 17.1. The lowest BCUT2D eigenvalue weighted by atomic mass is 10.0. The van der Waals surface area contributed by atoms with Crippen molar-refractivity contribution in [2.75, 3.05) is 0 Å². The van der Waals surface area contributed by atoms with Gasteiger partial charge in [-0.1, -0.05) is 52.3 Å². The Morgan fingerprint density at radius 3 is 2.60 bits per heavy atom. The summed E-state index contributed by atoms with van der Waals surface area (Å²) in [5.74, 6) is -0.966. The molecule has 0 aliphatic rings. The second-order valence-electron chi connectivity index (χ2n) is 5.64. The first-order valence-electron chi connectivity index (χ1n) is 7.73. The zero-order chi connectivity index (χ0) is 17.8. The van der Waals surface area contributed by atoms with Gasteiger partial charge in [0.25, 0.3) is 5.91 Å². The Labute approximate surface area is 153 Å². The number of primary amides is 1. The fourth-order valence-corrected chi connectivity index (χ4v) is 2.99. The Morgan fingerprint density at radius 1 is 1.12 bits per heavy atom. The highest BCUT2D eigenvalue weighted by Gasteiger charge is 2.20. The molecule has 0 aliphatic carbocycles. The fourth-order valence-electron chi connectivity index (χ4n) is 2.54. The molecular formula is C19H16BrN3O2. The number of halogens is 1. The van der Waals surface area contributed by atoms with E-state index in [0.717, 1.165) is 20.9 Å². The van der Waals surface area contributed by atoms with Crippen molar-refractivity contribution < 1.29 is 9.59 Å². The Kier molecular flexibility index (Phi) is 5.09. The number of carbonyl (C=O) groups excluding carboxylic acids is 2. The van der Waals surface area contributed by atoms with E-state index in [9.17, 15) is 9.59 Å². The lowest BCUT2D eigenvalue weighted by molar-refractivity contribution is -0.119. The molecule has 0 spiro atoms. The van der Waals surface area contributed by atoms with Crippen LogP contribution in [0.1, 0.15) is 15.9 Å². The first-order chi connectivity index (χ1) is 12.0. The van der Waals surface area contributed by atoms with Gasteiger partial charge in [-0.3, -0.25) is 14.6 Å². The number of pyridine rings is 1. The molecule has 0 saturated heterocycles. The van der Waals surface area contributed by atoms with Crippen molar-refractivity contribution in [3.05, 3.63) is 76.4 Å². The topological polar surface area (TPSA) is 85.1 Å². The number of rotatable bonds is 5. The number of nitrogens with one attached hydrogen (secondary N) is 1. The molecule has 5 nitrogen and oxygen atoms in total. The van der Waals surface area contributed by atoms with E-state index in [1.807, 2.05) is 48.5 Å². The predicted octanol–water partition coefficient (Wildman–Crippen LogP) is 2.82. The lowest BCUT2D eigenvalue weighted by Gasteiger charge is -2.16. The minimum atomic E-state index is -0.808. The number of hydrogen-bond donors (Lipinski definition) is 2. The lowest BCUT2D eigenvalue weighted by Crippen LogP contribution is -2.45. The van der Waals surface area contributed by atoms with Crippen LogP contribution in [0.25, 0.3) is 10.9 Å². The molecule has 0 aliphatic heterocycles. The molecule has 126 valence electrons. The molecule has 3 rings (SSSR count). The summed E-state index contributed by atoms with van der Waals surface area (Å²) in [6.45, 7) is 0. The summed E-state index contributed by atoms with van der Waals surface area (Å²) in [5.41, 5.74) is 7.55. The van der Waals surface area contributed by atoms with E-state index in [2.05, 4.69) is 26.2 Å². The second-order valence-corrected chi connectivity index (χ2v) is 6.49. The highest BCUT2D eigenvalue weighted by Crippen LogP contribution is 2.18. The van der Waals surface area contributed by atoms with Crippen molar-refractivity contribution in [2.45, 2.75) is 12.5 Å². The van der Waals surface area contributed by atoms with Crippen molar-refractivity contribution in [2.24, 2.45) is 5.73 Å². The smallest absolute Gasteiger partial charge is 0.253 e. The Bertz CT molecular complexity index is 943. The van der Waals surface area contributed by atoms with Crippen molar-refractivity contribution in [1.82, 2.24) is 10.3 Å². The average molecular weight is 398 g/mol. The number of amides is 2. The molecule has 3 aromatic rings. The summed E-state index contributed by atoms with van der Waals surface area (Å²) in [6.07, 6.45) is 1.80. The SMILES string of the molecule is NC(=O)[C@H](Cc1ccccc1Br)NC(=O)c1cnc2ccccc2c1. The number of benzene rings is 2. The van der Waals surface area contributed by atoms with Crippen molar-refractivity contribution in [1.29, 1.82) is 0 Å². The molecule has 1 heterocycles. The summed E-state index contributed by atoms with van der Waals surface area (Å²) in [5, 5.41) is 3.56. The Morgan fingerprint density at radius 2 is 1.84 bits per heavy atom. The van der Waals surface area contributed by atoms with Gasteiger partial charge in [-0.2, -0.15) is 0 Å². The van der Waals surface area contributed by atoms with E-state index in [0.29, 0.717) is 12.0 Å². The van der Waals surface area contributed by atoms with Crippen molar-refractivity contribution in [3.63, 3.8) is 0 Å². The van der Waals surface area contributed by atoms with Crippen LogP contribution in [-0.4, -0.2) is 22.8 Å². The number of aromatic nitrogens is 1. The molecule has 0 bridgehead atoms. The number of nitrogens with two attached hydrogens (primary N) is 1. The molecule has 0 saturated carbocycles. The van der Waals surface area contributed by atoms with Gasteiger partial charge in [0, 0.05) is 22.5 Å². The van der Waals surface area contributed by atoms with E-state index >= 15 is 0 Å². The Balaban J connectivity index is 1.80. The number of hydrogen-bond acceptors (Lipinski definition) is 3. The molecule has 1 atom stereocenters. The van der Waals surface area contributed by atoms with Gasteiger partial charge in [-0.25, -0.2) is 0 Å². The molecule has 25 heavy (non-hydrogen) atoms. The second kappa shape index (κ2) is 7.44. The highest BCUT2D eigenvalue weighted by molar-refractivity contribution is 9.10. The maximum Gasteiger partial charge on any atom is 0.253 e. The third-order valence-electron chi connectivity index (χ3n) is 3.88. The van der Waals surface area contributed by atoms with Gasteiger partial charge >= 0.3 is 0 Å². The zero-order valence-electron chi connectivity index (χ0n) is 13.3. The van der Waals surface area contributed by atoms with Crippen LogP contribution in [0.2, 0.25) is 0 Å². The largest absolute Gasteiger partial charge is 0.368 e. The average Bonchev–Trinajstić information content (AvgIpc) is 2.62. The molecular weight excluding hydrogens is 382 g/mol. The maximum atomic E-state index is 12.5. The monoisotopic (exact) mass is 397 g/mol. The van der Waals surface area contributed by atoms with E-state index in [1.54, 1.807) is 6.07 Å². The molecule has 2 amide bonds. The number of carbonyl (C=O) groups is 2. The molecule has 6 heteroatoms. The van der Waals surface area contributed by atoms with E-state index < -0.39 is 11.9 Å². The van der Waals surface area contributed by atoms with Gasteiger partial charge in [0.05, 0.1) is 11.1 Å². The number of fused-ring (bicyclic) bond motifs is 1. The summed E-state index contributed by atoms with van der Waals surface area (Å²) in [6, 6.07) is 16.0. The summed E-state index contributed by atoms with van der Waals surface area (Å²) < 4.78 is 0.864. The standard InChI is InChI=1S/C19H16BrN3O2/c20-15-7-3-1-5-12(15)10-17(18(21)24)23-19(25)14-9-13-6-2-4-8-16(13)22-11-14/h1-9,11,17H,10H2,(H2,21,24)(H,23,25)/t17-/m0/s1. The molecule has 0 radical (unpaired) electrons. The van der Waals surface area contributed by atoms with Crippen molar-refractivity contribution >= 4 is 38.6 Å². The highest BCUT2D eigenvalue weighted by atomic mass is 79.9. The van der Waals surface area contributed by atoms with E-state index in [4.69, 9.17) is 5.73 Å². The van der Waals surface area contributed by atoms with E-state index in [1.165, 1.54) is 6.20 Å². The normalized spacial score (nSPS) is 11.9. The molecule has 1 aromatic heterocycles. The van der Waals surface area contributed by atoms with Crippen LogP contribution in [-0.2, 0) is 11.2 Å². The fraction of sp³-hybridized carbons (Fsp3) is 0.105. The zero-order valence-corrected chi connectivity index (χ0v) is 14.9. The summed E-state index contributed by atoms with van der Waals surface area (Å²) in [7, 11) is 0. The van der Waals surface area contributed by atoms with Gasteiger partial charge in [-0.15, -0.1) is 0 Å². The van der Waals surface area contributed by atoms with Crippen molar-refractivity contribution in [3.8, 4) is 0 Å². The predicted molar refractivity (Wildman–Crippen MR) is 100 cm³/mol. The number of nitrogens with zero attached hydrogens (tertiary/aromatic N) is 1. The quantitative estimate of drug-likeness (QED) is 0.693. The van der Waals surface area contributed by atoms with Crippen LogP contribution in [0, 0.1) is 0 Å². The van der Waals surface area contributed by atoms with Crippen LogP contribution in [0.3, 0.4) is 0 Å². The van der Waals surface area contributed by atoms with Gasteiger partial charge in [0.1, 0.15) is 6.04 Å². The van der Waals surface area contributed by atoms with Crippen LogP contribution in [0.4, 0.5) is 0 Å². The minimum absolute atomic E-state index is 0.309. The van der Waals surface area contributed by atoms with Gasteiger partial charge in [0.15, 0.2) is 0 Å². The molecule has 3 N–H and O–H groups in total. The Hall–Kier alpha value is -2.73. The van der Waals surface area contributed by atoms with Crippen LogP contribution >= 0.6 is 15.9 Å². The van der Waals surface area contributed by atoms with Gasteiger partial charge < -0.3 is 11.1 Å². The molecule has 0 fully saturated rings. The summed E-state index contributed by atoms with van der Waals surface area (Å²) >= 11 is 3.44. The van der Waals surface area contributed by atoms with Crippen LogP contribution in [0.5, 0.6) is 0 Å². The molecule has 2 aromatic carbocycles. The third-order valence-corrected chi connectivity index (χ3v) is 4.66. The third kappa shape index (κ3) is 4.03. The summed E-state index contributed by atoms with van der Waals surface area (Å²) in [4.78, 5) is 28.5. The van der Waals surface area contributed by atoms with Crippen LogP contribution < -0.4 is 11.1 Å². The van der Waals surface area contributed by atoms with E-state index in [-0.39, 0.29) is 5.91 Å². The van der Waals surface area contributed by atoms with Crippen LogP contribution in [0.15, 0.2) is 65.3 Å². The number of para-hydroxylation sites is 1. The molecule has 0 unspecified atom stereocenters. The van der Waals surface area contributed by atoms with Gasteiger partial charge in [0.2, 0.25) is 5.91 Å². The minimum Gasteiger partial charge on any atom is -0.368 e. The van der Waals surface area contributed by atoms with Gasteiger partial charge in [-0.05, 0) is 23.8 Å². The maximum absolute atomic E-state index is 12.5.